The highest BCUT2D eigenvalue weighted by Crippen LogP contribution is 2.27. The molecule has 0 fully saturated rings. The Morgan fingerprint density at radius 1 is 1.50 bits per heavy atom. The van der Waals surface area contributed by atoms with Gasteiger partial charge in [-0.3, -0.25) is 4.79 Å². The first-order valence-corrected chi connectivity index (χ1v) is 6.85. The summed E-state index contributed by atoms with van der Waals surface area (Å²) in [6.45, 7) is -0.137. The van der Waals surface area contributed by atoms with Crippen molar-refractivity contribution >= 4 is 39.7 Å². The Bertz CT molecular complexity index is 614. The molecule has 1 aromatic carbocycles. The van der Waals surface area contributed by atoms with Gasteiger partial charge in [-0.25, -0.2) is 5.43 Å². The molecular formula is C13H11BrClN3O2. The van der Waals surface area contributed by atoms with Crippen LogP contribution in [-0.4, -0.2) is 23.7 Å². The van der Waals surface area contributed by atoms with Gasteiger partial charge in [0.2, 0.25) is 0 Å². The van der Waals surface area contributed by atoms with Gasteiger partial charge in [-0.15, -0.1) is 0 Å². The Hall–Kier alpha value is -1.79. The lowest BCUT2D eigenvalue weighted by Crippen LogP contribution is -2.24. The fourth-order valence-corrected chi connectivity index (χ4v) is 2.16. The van der Waals surface area contributed by atoms with Gasteiger partial charge in [0, 0.05) is 11.2 Å². The number of nitrogens with one attached hydrogen (secondary N) is 2. The van der Waals surface area contributed by atoms with E-state index in [9.17, 15) is 4.79 Å². The fourth-order valence-electron chi connectivity index (χ4n) is 1.37. The van der Waals surface area contributed by atoms with Gasteiger partial charge in [-0.2, -0.15) is 5.10 Å². The van der Waals surface area contributed by atoms with Crippen LogP contribution in [0, 0.1) is 0 Å². The fraction of sp³-hybridized carbons (Fsp3) is 0.0769. The summed E-state index contributed by atoms with van der Waals surface area (Å²) in [6.07, 6.45) is 3.28. The molecule has 0 saturated carbocycles. The lowest BCUT2D eigenvalue weighted by Gasteiger charge is -2.07. The molecule has 2 rings (SSSR count). The Morgan fingerprint density at radius 2 is 2.35 bits per heavy atom. The number of rotatable bonds is 5. The van der Waals surface area contributed by atoms with E-state index in [2.05, 4.69) is 31.4 Å². The third kappa shape index (κ3) is 4.40. The summed E-state index contributed by atoms with van der Waals surface area (Å²) >= 11 is 9.11. The van der Waals surface area contributed by atoms with Gasteiger partial charge in [-0.1, -0.05) is 11.6 Å². The molecule has 2 N–H and O–H groups in total. The smallest absolute Gasteiger partial charge is 0.277 e. The molecule has 0 saturated heterocycles. The second-order valence-corrected chi connectivity index (χ2v) is 5.07. The average molecular weight is 357 g/mol. The zero-order valence-electron chi connectivity index (χ0n) is 10.3. The highest BCUT2D eigenvalue weighted by molar-refractivity contribution is 9.10. The summed E-state index contributed by atoms with van der Waals surface area (Å²) in [7, 11) is 0. The summed E-state index contributed by atoms with van der Waals surface area (Å²) in [5.74, 6) is 0.188. The van der Waals surface area contributed by atoms with Gasteiger partial charge >= 0.3 is 0 Å². The highest BCUT2D eigenvalue weighted by Gasteiger charge is 2.05. The number of amides is 1. The first kappa shape index (κ1) is 14.6. The van der Waals surface area contributed by atoms with Crippen molar-refractivity contribution in [1.29, 1.82) is 0 Å². The minimum absolute atomic E-state index is 0.137. The number of H-pyrrole nitrogens is 1. The molecule has 104 valence electrons. The maximum Gasteiger partial charge on any atom is 0.277 e. The molecule has 0 aliphatic heterocycles. The van der Waals surface area contributed by atoms with Crippen LogP contribution in [0.3, 0.4) is 0 Å². The Kier molecular flexibility index (Phi) is 5.20. The summed E-state index contributed by atoms with van der Waals surface area (Å²) in [6, 6.07) is 8.73. The number of halogens is 2. The van der Waals surface area contributed by atoms with Crippen LogP contribution in [0.15, 0.2) is 46.1 Å². The number of benzene rings is 1. The summed E-state index contributed by atoms with van der Waals surface area (Å²) in [5, 5.41) is 4.38. The standard InChI is InChI=1S/C13H11BrClN3O2/c14-11-6-9(15)3-4-12(11)20-8-13(19)18-17-7-10-2-1-5-16-10/h1-7,16H,8H2,(H,18,19)/b17-7-. The largest absolute Gasteiger partial charge is 0.483 e. The van der Waals surface area contributed by atoms with Crippen LogP contribution in [0.25, 0.3) is 0 Å². The van der Waals surface area contributed by atoms with Gasteiger partial charge in [0.05, 0.1) is 16.4 Å². The van der Waals surface area contributed by atoms with Gasteiger partial charge in [0.1, 0.15) is 5.75 Å². The number of aromatic amines is 1. The molecule has 7 heteroatoms. The molecule has 0 aliphatic carbocycles. The third-order valence-corrected chi connectivity index (χ3v) is 3.12. The van der Waals surface area contributed by atoms with Crippen LogP contribution in [-0.2, 0) is 4.79 Å². The molecule has 20 heavy (non-hydrogen) atoms. The average Bonchev–Trinajstić information content (AvgIpc) is 2.91. The normalized spacial score (nSPS) is 10.7. The number of hydrogen-bond donors (Lipinski definition) is 2. The van der Waals surface area contributed by atoms with Crippen molar-refractivity contribution in [2.45, 2.75) is 0 Å². The van der Waals surface area contributed by atoms with Crippen LogP contribution in [0.5, 0.6) is 5.75 Å². The lowest BCUT2D eigenvalue weighted by molar-refractivity contribution is -0.123. The van der Waals surface area contributed by atoms with Crippen LogP contribution in [0.1, 0.15) is 5.69 Å². The maximum absolute atomic E-state index is 11.5. The number of carbonyl (C=O) groups is 1. The van der Waals surface area contributed by atoms with Crippen molar-refractivity contribution < 1.29 is 9.53 Å². The predicted molar refractivity (Wildman–Crippen MR) is 81.2 cm³/mol. The molecule has 0 unspecified atom stereocenters. The number of hydrogen-bond acceptors (Lipinski definition) is 3. The van der Waals surface area contributed by atoms with Crippen molar-refractivity contribution in [2.75, 3.05) is 6.61 Å². The number of hydrazone groups is 1. The molecule has 0 aliphatic rings. The lowest BCUT2D eigenvalue weighted by atomic mass is 10.3. The van der Waals surface area contributed by atoms with E-state index in [1.807, 2.05) is 12.1 Å². The molecule has 2 aromatic rings. The minimum atomic E-state index is -0.352. The summed E-state index contributed by atoms with van der Waals surface area (Å²) in [4.78, 5) is 14.5. The quantitative estimate of drug-likeness (QED) is 0.639. The van der Waals surface area contributed by atoms with Crippen molar-refractivity contribution in [1.82, 2.24) is 10.4 Å². The molecule has 0 bridgehead atoms. The van der Waals surface area contributed by atoms with Gasteiger partial charge in [0.25, 0.3) is 5.91 Å². The molecule has 1 amide bonds. The predicted octanol–water partition coefficient (Wildman–Crippen LogP) is 2.96. The first-order chi connectivity index (χ1) is 9.65. The molecule has 1 heterocycles. The molecule has 0 radical (unpaired) electrons. The van der Waals surface area contributed by atoms with Crippen molar-refractivity contribution in [3.63, 3.8) is 0 Å². The SMILES string of the molecule is O=C(COc1ccc(Cl)cc1Br)N/N=C\c1ccc[nH]1. The molecule has 1 aromatic heterocycles. The van der Waals surface area contributed by atoms with Crippen LogP contribution < -0.4 is 10.2 Å². The van der Waals surface area contributed by atoms with Gasteiger partial charge in [0.15, 0.2) is 6.61 Å². The Morgan fingerprint density at radius 3 is 3.05 bits per heavy atom. The summed E-state index contributed by atoms with van der Waals surface area (Å²) < 4.78 is 6.03. The van der Waals surface area contributed by atoms with E-state index < -0.39 is 0 Å². The molecular weight excluding hydrogens is 346 g/mol. The van der Waals surface area contributed by atoms with E-state index in [1.165, 1.54) is 6.21 Å². The minimum Gasteiger partial charge on any atom is -0.483 e. The number of aromatic nitrogens is 1. The van der Waals surface area contributed by atoms with Crippen LogP contribution in [0.2, 0.25) is 5.02 Å². The first-order valence-electron chi connectivity index (χ1n) is 5.68. The molecule has 0 atom stereocenters. The van der Waals surface area contributed by atoms with Crippen LogP contribution >= 0.6 is 27.5 Å². The summed E-state index contributed by atoms with van der Waals surface area (Å²) in [5.41, 5.74) is 3.16. The number of ether oxygens (including phenoxy) is 1. The van der Waals surface area contributed by atoms with E-state index >= 15 is 0 Å². The Balaban J connectivity index is 1.80. The highest BCUT2D eigenvalue weighted by atomic mass is 79.9. The topological polar surface area (TPSA) is 66.5 Å². The van der Waals surface area contributed by atoms with Crippen molar-refractivity contribution in [2.24, 2.45) is 5.10 Å². The number of nitrogens with zero attached hydrogens (tertiary/aromatic N) is 1. The monoisotopic (exact) mass is 355 g/mol. The third-order valence-electron chi connectivity index (χ3n) is 2.27. The second-order valence-electron chi connectivity index (χ2n) is 3.78. The zero-order valence-corrected chi connectivity index (χ0v) is 12.6. The van der Waals surface area contributed by atoms with E-state index in [0.717, 1.165) is 5.69 Å². The van der Waals surface area contributed by atoms with Crippen molar-refractivity contribution in [3.8, 4) is 5.75 Å². The van der Waals surface area contributed by atoms with E-state index in [0.29, 0.717) is 15.2 Å². The molecule has 5 nitrogen and oxygen atoms in total. The van der Waals surface area contributed by atoms with Gasteiger partial charge < -0.3 is 9.72 Å². The van der Waals surface area contributed by atoms with E-state index in [-0.39, 0.29) is 12.5 Å². The van der Waals surface area contributed by atoms with Crippen LogP contribution in [0.4, 0.5) is 0 Å². The molecule has 0 spiro atoms. The van der Waals surface area contributed by atoms with Crippen molar-refractivity contribution in [3.05, 3.63) is 51.7 Å². The zero-order chi connectivity index (χ0) is 14.4. The van der Waals surface area contributed by atoms with Gasteiger partial charge in [-0.05, 0) is 46.3 Å². The van der Waals surface area contributed by atoms with E-state index in [1.54, 1.807) is 24.4 Å². The number of carbonyl (C=O) groups excluding carboxylic acids is 1. The Labute approximate surface area is 129 Å². The van der Waals surface area contributed by atoms with E-state index in [4.69, 9.17) is 16.3 Å². The second kappa shape index (κ2) is 7.12. The maximum atomic E-state index is 11.5.